The van der Waals surface area contributed by atoms with Crippen molar-refractivity contribution in [3.8, 4) is 0 Å². The molecule has 2 saturated heterocycles. The minimum absolute atomic E-state index is 0.0888. The van der Waals surface area contributed by atoms with Crippen LogP contribution in [0.25, 0.3) is 0 Å². The first-order valence-corrected chi connectivity index (χ1v) is 12.7. The first-order valence-electron chi connectivity index (χ1n) is 12.7. The van der Waals surface area contributed by atoms with Crippen molar-refractivity contribution in [2.24, 2.45) is 17.8 Å². The molecule has 0 bridgehead atoms. The lowest BCUT2D eigenvalue weighted by Gasteiger charge is -2.42. The second-order valence-corrected chi connectivity index (χ2v) is 10.3. The molecule has 6 atom stereocenters. The Hall–Kier alpha value is -2.19. The monoisotopic (exact) mass is 474 g/mol. The fourth-order valence-corrected chi connectivity index (χ4v) is 6.24. The lowest BCUT2D eigenvalue weighted by Crippen LogP contribution is -2.59. The summed E-state index contributed by atoms with van der Waals surface area (Å²) in [5.41, 5.74) is -2.33. The summed E-state index contributed by atoms with van der Waals surface area (Å²) in [6.07, 6.45) is 10.4. The molecule has 0 radical (unpaired) electrons. The van der Waals surface area contributed by atoms with Crippen LogP contribution in [0, 0.1) is 17.8 Å². The first kappa shape index (κ1) is 24.9. The van der Waals surface area contributed by atoms with Gasteiger partial charge in [-0.15, -0.1) is 0 Å². The van der Waals surface area contributed by atoms with E-state index < -0.39 is 41.1 Å². The number of likely N-dealkylation sites (tertiary alicyclic amines) is 1. The minimum atomic E-state index is -1.30. The summed E-state index contributed by atoms with van der Waals surface area (Å²) < 4.78 is 12.4. The van der Waals surface area contributed by atoms with Crippen molar-refractivity contribution in [2.75, 3.05) is 26.3 Å². The van der Waals surface area contributed by atoms with E-state index in [2.05, 4.69) is 6.92 Å². The molecule has 4 heterocycles. The Bertz CT molecular complexity index is 885. The quantitative estimate of drug-likeness (QED) is 0.448. The molecule has 1 unspecified atom stereocenters. The van der Waals surface area contributed by atoms with Crippen LogP contribution in [0.2, 0.25) is 0 Å². The van der Waals surface area contributed by atoms with Gasteiger partial charge >= 0.3 is 5.97 Å². The van der Waals surface area contributed by atoms with E-state index in [0.29, 0.717) is 25.9 Å². The van der Waals surface area contributed by atoms with Gasteiger partial charge < -0.3 is 24.4 Å². The lowest BCUT2D eigenvalue weighted by atomic mass is 9.73. The zero-order chi connectivity index (χ0) is 24.7. The Labute approximate surface area is 201 Å². The summed E-state index contributed by atoms with van der Waals surface area (Å²) in [6.45, 7) is 8.82. The van der Waals surface area contributed by atoms with Gasteiger partial charge in [0.2, 0.25) is 11.8 Å². The number of carbonyl (C=O) groups excluding carboxylic acids is 3. The maximum atomic E-state index is 14.2. The molecule has 0 aromatic rings. The summed E-state index contributed by atoms with van der Waals surface area (Å²) in [5, 5.41) is 10.3. The van der Waals surface area contributed by atoms with Crippen LogP contribution >= 0.6 is 0 Å². The van der Waals surface area contributed by atoms with E-state index in [-0.39, 0.29) is 30.9 Å². The number of nitrogens with zero attached hydrogens (tertiary/aromatic N) is 2. The number of cyclic esters (lactones) is 1. The summed E-state index contributed by atoms with van der Waals surface area (Å²) in [6, 6.07) is -1.51. The molecule has 4 rings (SSSR count). The lowest BCUT2D eigenvalue weighted by molar-refractivity contribution is -0.164. The SMILES string of the molecule is CCCCN1CC=C[C@]23O[C@@]4(CC)C=CCCOC(=O)[C@H]4[C@H]2C(=O)N([C@@H](CO)C(C)C)C3C1=O. The molecule has 8 nitrogen and oxygen atoms in total. The molecule has 0 aliphatic carbocycles. The maximum Gasteiger partial charge on any atom is 0.313 e. The smallest absolute Gasteiger partial charge is 0.313 e. The highest BCUT2D eigenvalue weighted by molar-refractivity contribution is 5.99. The van der Waals surface area contributed by atoms with E-state index in [4.69, 9.17) is 9.47 Å². The molecule has 1 N–H and O–H groups in total. The minimum Gasteiger partial charge on any atom is -0.465 e. The summed E-state index contributed by atoms with van der Waals surface area (Å²) >= 11 is 0. The van der Waals surface area contributed by atoms with Crippen LogP contribution in [0.4, 0.5) is 0 Å². The molecule has 0 aromatic carbocycles. The van der Waals surface area contributed by atoms with E-state index >= 15 is 0 Å². The number of esters is 1. The zero-order valence-corrected chi connectivity index (χ0v) is 20.7. The van der Waals surface area contributed by atoms with Gasteiger partial charge in [-0.05, 0) is 25.2 Å². The average molecular weight is 475 g/mol. The fraction of sp³-hybridized carbons (Fsp3) is 0.731. The van der Waals surface area contributed by atoms with Gasteiger partial charge in [0.25, 0.3) is 0 Å². The van der Waals surface area contributed by atoms with Crippen LogP contribution in [-0.4, -0.2) is 82.3 Å². The van der Waals surface area contributed by atoms with Crippen molar-refractivity contribution in [1.82, 2.24) is 9.80 Å². The highest BCUT2D eigenvalue weighted by Gasteiger charge is 2.76. The molecular weight excluding hydrogens is 436 g/mol. The standard InChI is InChI=1S/C26H38N2O6/c1-5-7-13-27-14-10-12-26-19(20-24(32)33-15-9-8-11-25(20,6-2)34-26)22(30)28(21(26)23(27)31)18(16-29)17(3)4/h8,10-12,17-21,29H,5-7,9,13-16H2,1-4H3/t18-,19-,20+,21?,25-,26-/m0/s1. The third kappa shape index (κ3) is 3.61. The van der Waals surface area contributed by atoms with Crippen molar-refractivity contribution < 1.29 is 29.0 Å². The van der Waals surface area contributed by atoms with E-state index in [1.807, 2.05) is 45.1 Å². The molecule has 2 amide bonds. The number of aliphatic hydroxyl groups is 1. The summed E-state index contributed by atoms with van der Waals surface area (Å²) in [7, 11) is 0. The van der Waals surface area contributed by atoms with Crippen molar-refractivity contribution in [3.63, 3.8) is 0 Å². The van der Waals surface area contributed by atoms with Crippen molar-refractivity contribution in [2.45, 2.75) is 76.7 Å². The highest BCUT2D eigenvalue weighted by atomic mass is 16.6. The zero-order valence-electron chi connectivity index (χ0n) is 20.7. The fourth-order valence-electron chi connectivity index (χ4n) is 6.24. The molecule has 8 heteroatoms. The predicted molar refractivity (Wildman–Crippen MR) is 126 cm³/mol. The Balaban J connectivity index is 1.90. The van der Waals surface area contributed by atoms with Gasteiger partial charge in [-0.2, -0.15) is 0 Å². The van der Waals surface area contributed by atoms with Crippen molar-refractivity contribution >= 4 is 17.8 Å². The van der Waals surface area contributed by atoms with Crippen LogP contribution in [-0.2, 0) is 23.9 Å². The normalized spacial score (nSPS) is 36.1. The Morgan fingerprint density at radius 2 is 1.88 bits per heavy atom. The number of unbranched alkanes of at least 4 members (excludes halogenated alkanes) is 1. The van der Waals surface area contributed by atoms with Gasteiger partial charge in [-0.3, -0.25) is 14.4 Å². The van der Waals surface area contributed by atoms with Gasteiger partial charge in [0, 0.05) is 13.1 Å². The molecule has 4 aliphatic rings. The predicted octanol–water partition coefficient (Wildman–Crippen LogP) is 2.07. The van der Waals surface area contributed by atoms with E-state index in [9.17, 15) is 19.5 Å². The Kier molecular flexibility index (Phi) is 6.93. The van der Waals surface area contributed by atoms with Crippen LogP contribution in [0.5, 0.6) is 0 Å². The first-order chi connectivity index (χ1) is 16.3. The summed E-state index contributed by atoms with van der Waals surface area (Å²) in [4.78, 5) is 44.9. The largest absolute Gasteiger partial charge is 0.465 e. The number of hydrogen-bond acceptors (Lipinski definition) is 6. The van der Waals surface area contributed by atoms with Crippen molar-refractivity contribution in [3.05, 3.63) is 24.3 Å². The van der Waals surface area contributed by atoms with Gasteiger partial charge in [-0.1, -0.05) is 58.4 Å². The third-order valence-corrected chi connectivity index (χ3v) is 8.02. The van der Waals surface area contributed by atoms with Crippen LogP contribution in [0.1, 0.15) is 53.4 Å². The van der Waals surface area contributed by atoms with Gasteiger partial charge in [0.15, 0.2) is 0 Å². The van der Waals surface area contributed by atoms with Crippen LogP contribution < -0.4 is 0 Å². The van der Waals surface area contributed by atoms with Crippen molar-refractivity contribution in [1.29, 1.82) is 0 Å². The summed E-state index contributed by atoms with van der Waals surface area (Å²) in [5.74, 6) is -2.81. The number of amides is 2. The molecular formula is C26H38N2O6. The third-order valence-electron chi connectivity index (χ3n) is 8.02. The number of carbonyl (C=O) groups is 3. The number of hydrogen-bond donors (Lipinski definition) is 1. The van der Waals surface area contributed by atoms with Gasteiger partial charge in [0.05, 0.1) is 25.2 Å². The van der Waals surface area contributed by atoms with Gasteiger partial charge in [0.1, 0.15) is 23.2 Å². The van der Waals surface area contributed by atoms with E-state index in [1.165, 1.54) is 4.90 Å². The Morgan fingerprint density at radius 1 is 1.12 bits per heavy atom. The van der Waals surface area contributed by atoms with E-state index in [0.717, 1.165) is 12.8 Å². The molecule has 34 heavy (non-hydrogen) atoms. The molecule has 0 saturated carbocycles. The van der Waals surface area contributed by atoms with Crippen LogP contribution in [0.15, 0.2) is 24.3 Å². The maximum absolute atomic E-state index is 14.2. The topological polar surface area (TPSA) is 96.4 Å². The van der Waals surface area contributed by atoms with E-state index in [1.54, 1.807) is 4.90 Å². The second kappa shape index (κ2) is 9.46. The molecule has 188 valence electrons. The van der Waals surface area contributed by atoms with Crippen LogP contribution in [0.3, 0.4) is 0 Å². The molecule has 0 aromatic heterocycles. The number of aliphatic hydroxyl groups excluding tert-OH is 1. The molecule has 2 fully saturated rings. The molecule has 1 spiro atoms. The average Bonchev–Trinajstić information content (AvgIpc) is 3.15. The number of ether oxygens (including phenoxy) is 2. The number of fused-ring (bicyclic) bond motifs is 2. The number of rotatable bonds is 7. The second-order valence-electron chi connectivity index (χ2n) is 10.3. The molecule has 4 aliphatic heterocycles. The highest BCUT2D eigenvalue weighted by Crippen LogP contribution is 2.58. The Morgan fingerprint density at radius 3 is 2.53 bits per heavy atom. The van der Waals surface area contributed by atoms with Gasteiger partial charge in [-0.25, -0.2) is 0 Å².